The van der Waals surface area contributed by atoms with E-state index in [9.17, 15) is 78.1 Å². The summed E-state index contributed by atoms with van der Waals surface area (Å²) in [5.74, 6) is -0.685. The van der Waals surface area contributed by atoms with E-state index in [1.54, 1.807) is 128 Å². The molecule has 41 heteroatoms. The molecular weight excluding hydrogens is 2020 g/mol. The summed E-state index contributed by atoms with van der Waals surface area (Å²) in [4.78, 5) is 60.6. The molecule has 9 rings (SSSR count). The van der Waals surface area contributed by atoms with Gasteiger partial charge in [-0.05, 0) is 185 Å². The van der Waals surface area contributed by atoms with Crippen LogP contribution in [0.15, 0.2) is 229 Å². The van der Waals surface area contributed by atoms with Crippen molar-refractivity contribution in [3.05, 3.63) is 288 Å². The largest absolute Gasteiger partial charge is 0.295 e. The van der Waals surface area contributed by atoms with Crippen LogP contribution in [0, 0.1) is 32.5 Å². The molecule has 0 N–H and O–H groups in total. The molecule has 6 aromatic carbocycles. The van der Waals surface area contributed by atoms with Crippen LogP contribution >= 0.6 is 81.4 Å². The number of thioether (sulfide) groups is 1. The summed E-state index contributed by atoms with van der Waals surface area (Å²) in [7, 11) is -22.8. The van der Waals surface area contributed by atoms with Gasteiger partial charge >= 0.3 is 0 Å². The summed E-state index contributed by atoms with van der Waals surface area (Å²) in [6, 6.07) is 51.0. The highest BCUT2D eigenvalue weighted by atomic mass is 35.5. The molecule has 0 bridgehead atoms. The SMILES string of the molecule is CC(=O)c1ccc(C(=O)c2cc(Cl)ccc2Cl)cc1.CC(C)(C)COS(C)(=O)=O.CC(C)(C)COS(C)(=O)=O.CC(C)(C)COS(C)(=O)=O.CC(C)(C)COS(C)(=O)=O.CC(C)(C)COS(C)(=O)=O.CC(C)(C)COS(C)(=O)=O.CS(=O)(=O)c1ccc(C(=O)c2cc(Cl)ccc2Cl)cc1.CSc1ccc(C(=O)c2cc(Cl)ccc2Cl)cc1.c1ccncc1.c1ccncc1.c1ccncc1. The minimum Gasteiger partial charge on any atom is -0.295 e. The lowest BCUT2D eigenvalue weighted by Crippen LogP contribution is -2.17. The van der Waals surface area contributed by atoms with Gasteiger partial charge in [-0.1, -0.05) is 237 Å². The molecule has 0 aliphatic carbocycles. The Bertz CT molecular complexity index is 5390. The summed E-state index contributed by atoms with van der Waals surface area (Å²) in [5, 5.41) is 2.43. The first-order valence-corrected chi connectivity index (χ1v) is 56.6. The normalized spacial score (nSPS) is 11.6. The van der Waals surface area contributed by atoms with E-state index >= 15 is 0 Å². The fourth-order valence-corrected chi connectivity index (χ4v) is 13.1. The molecular formula is C94H129Cl6N3O24S8. The van der Waals surface area contributed by atoms with E-state index in [-0.39, 0.29) is 106 Å². The smallest absolute Gasteiger partial charge is 0.264 e. The number of Topliss-reactive ketones (excluding diaryl/α,β-unsaturated/α-hetero) is 1. The lowest BCUT2D eigenvalue weighted by Gasteiger charge is -2.16. The van der Waals surface area contributed by atoms with Crippen LogP contribution in [0.2, 0.25) is 30.1 Å². The van der Waals surface area contributed by atoms with Crippen molar-refractivity contribution in [1.29, 1.82) is 0 Å². The molecule has 0 fully saturated rings. The number of pyridine rings is 3. The fraction of sp³-hybridized carbons (Fsp3) is 0.415. The van der Waals surface area contributed by atoms with Crippen LogP contribution in [0.1, 0.15) is 190 Å². The minimum absolute atomic E-state index is 0.0419. The summed E-state index contributed by atoms with van der Waals surface area (Å²) < 4.78 is 176. The summed E-state index contributed by atoms with van der Waals surface area (Å²) >= 11 is 37.2. The number of carbonyl (C=O) groups excluding carboxylic acids is 4. The van der Waals surface area contributed by atoms with Crippen molar-refractivity contribution in [3.8, 4) is 0 Å². The number of nitrogens with zero attached hydrogens (tertiary/aromatic N) is 3. The second-order valence-corrected chi connectivity index (χ2v) is 51.5. The van der Waals surface area contributed by atoms with E-state index in [4.69, 9.17) is 69.6 Å². The Balaban J connectivity index is -0.00000144. The Hall–Kier alpha value is -7.05. The first-order valence-electron chi connectivity index (χ1n) is 40.3. The van der Waals surface area contributed by atoms with Gasteiger partial charge in [0.15, 0.2) is 33.0 Å². The number of benzene rings is 6. The highest BCUT2D eigenvalue weighted by Crippen LogP contribution is 2.29. The van der Waals surface area contributed by atoms with Crippen LogP contribution in [0.3, 0.4) is 0 Å². The van der Waals surface area contributed by atoms with Crippen LogP contribution < -0.4 is 0 Å². The average molecular weight is 2150 g/mol. The van der Waals surface area contributed by atoms with Crippen LogP contribution in [-0.2, 0) is 95.6 Å². The zero-order valence-corrected chi connectivity index (χ0v) is 92.3. The quantitative estimate of drug-likeness (QED) is 0.0366. The molecule has 3 aromatic heterocycles. The topological polar surface area (TPSA) is 401 Å². The Morgan fingerprint density at radius 2 is 0.467 bits per heavy atom. The Morgan fingerprint density at radius 1 is 0.281 bits per heavy atom. The molecule has 0 unspecified atom stereocenters. The summed E-state index contributed by atoms with van der Waals surface area (Å²) in [6.45, 7) is 37.4. The maximum absolute atomic E-state index is 12.3. The molecule has 0 saturated carbocycles. The molecule has 0 aliphatic rings. The first kappa shape index (κ1) is 132. The molecule has 0 radical (unpaired) electrons. The zero-order valence-electron chi connectivity index (χ0n) is 81.2. The molecule has 0 spiro atoms. The van der Waals surface area contributed by atoms with Crippen molar-refractivity contribution in [3.63, 3.8) is 0 Å². The van der Waals surface area contributed by atoms with Crippen LogP contribution in [0.4, 0.5) is 0 Å². The standard InChI is InChI=1S/C15H10Cl2O2.C14H10Cl2O3S.C14H10Cl2OS.6C6H14O3S.3C5H5N/c1-9(18)10-2-4-11(5-3-10)15(19)13-8-12(16)6-7-14(13)17;1-20(18,19)11-5-2-9(3-6-11)14(17)12-8-10(15)4-7-13(12)16;1-18-11-5-2-9(3-6-11)14(17)12-8-10(15)4-7-13(12)16;6*1-6(2,3)5-9-10(4,7)8;3*1-2-4-6-5-3-1/h2-8H,1H3;2-8H,1H3;2-8H,1H3;6*5H2,1-4H3;3*1-5H. The van der Waals surface area contributed by atoms with Gasteiger partial charge in [0.25, 0.3) is 60.7 Å². The highest BCUT2D eigenvalue weighted by Gasteiger charge is 2.22. The van der Waals surface area contributed by atoms with Gasteiger partial charge in [0.2, 0.25) is 0 Å². The Morgan fingerprint density at radius 3 is 0.607 bits per heavy atom. The van der Waals surface area contributed by atoms with Crippen molar-refractivity contribution in [2.45, 2.75) is 141 Å². The van der Waals surface area contributed by atoms with Gasteiger partial charge in [0.1, 0.15) is 0 Å². The van der Waals surface area contributed by atoms with Crippen LogP contribution in [0.25, 0.3) is 0 Å². The average Bonchev–Trinajstić information content (AvgIpc) is 0.827. The van der Waals surface area contributed by atoms with E-state index in [0.717, 1.165) is 48.7 Å². The molecule has 0 amide bonds. The molecule has 27 nitrogen and oxygen atoms in total. The number of hydrogen-bond acceptors (Lipinski definition) is 28. The molecule has 754 valence electrons. The third kappa shape index (κ3) is 79.4. The molecule has 135 heavy (non-hydrogen) atoms. The third-order valence-corrected chi connectivity index (χ3v) is 20.7. The minimum atomic E-state index is -3.28. The lowest BCUT2D eigenvalue weighted by molar-refractivity contribution is 0.101. The maximum Gasteiger partial charge on any atom is 0.264 e. The molecule has 0 saturated heterocycles. The van der Waals surface area contributed by atoms with E-state index in [2.05, 4.69) is 40.1 Å². The Labute approximate surface area is 837 Å². The summed E-state index contributed by atoms with van der Waals surface area (Å²) in [5.41, 5.74) is 2.49. The maximum atomic E-state index is 12.3. The van der Waals surface area contributed by atoms with Crippen molar-refractivity contribution >= 4 is 175 Å². The highest BCUT2D eigenvalue weighted by molar-refractivity contribution is 7.98. The summed E-state index contributed by atoms with van der Waals surface area (Å²) in [6.07, 6.45) is 19.9. The van der Waals surface area contributed by atoms with Gasteiger partial charge in [-0.2, -0.15) is 50.5 Å². The van der Waals surface area contributed by atoms with Gasteiger partial charge in [0, 0.05) is 102 Å². The first-order chi connectivity index (χ1) is 61.1. The van der Waals surface area contributed by atoms with E-state index < -0.39 is 70.5 Å². The van der Waals surface area contributed by atoms with E-state index in [1.807, 2.05) is 198 Å². The number of hydrogen-bond donors (Lipinski definition) is 0. The molecule has 9 aromatic rings. The predicted octanol–water partition coefficient (Wildman–Crippen LogP) is 22.3. The number of rotatable bonds is 21. The molecule has 0 atom stereocenters. The van der Waals surface area contributed by atoms with Crippen molar-refractivity contribution in [2.75, 3.05) is 89.7 Å². The number of ketones is 4. The van der Waals surface area contributed by atoms with Gasteiger partial charge in [-0.3, -0.25) is 59.2 Å². The van der Waals surface area contributed by atoms with Crippen molar-refractivity contribution in [2.24, 2.45) is 32.5 Å². The number of sulfone groups is 1. The predicted molar refractivity (Wildman–Crippen MR) is 548 cm³/mol. The second kappa shape index (κ2) is 62.2. The number of halogens is 6. The van der Waals surface area contributed by atoms with Gasteiger partial charge in [-0.25, -0.2) is 8.42 Å². The second-order valence-electron chi connectivity index (χ2n) is 36.3. The van der Waals surface area contributed by atoms with Crippen LogP contribution in [0.5, 0.6) is 0 Å². The fourth-order valence-electron chi connectivity index (χ4n) is 7.57. The molecule has 3 heterocycles. The van der Waals surface area contributed by atoms with E-state index in [0.29, 0.717) is 63.5 Å². The number of carbonyl (C=O) groups is 4. The van der Waals surface area contributed by atoms with Gasteiger partial charge in [-0.15, -0.1) is 11.8 Å². The van der Waals surface area contributed by atoms with Crippen LogP contribution in [-0.4, -0.2) is 187 Å². The lowest BCUT2D eigenvalue weighted by atomic mass is 9.99. The number of aromatic nitrogens is 3. The van der Waals surface area contributed by atoms with E-state index in [1.165, 1.54) is 43.3 Å². The van der Waals surface area contributed by atoms with Gasteiger partial charge < -0.3 is 0 Å². The monoisotopic (exact) mass is 2150 g/mol. The van der Waals surface area contributed by atoms with Crippen molar-refractivity contribution in [1.82, 2.24) is 15.0 Å². The van der Waals surface area contributed by atoms with Gasteiger partial charge in [0.05, 0.1) is 97.1 Å². The Kier molecular flexibility index (Phi) is 60.8. The molecule has 0 aliphatic heterocycles. The third-order valence-electron chi connectivity index (χ3n) is 13.9. The zero-order chi connectivity index (χ0) is 105. The van der Waals surface area contributed by atoms with Crippen molar-refractivity contribution < 1.29 is 103 Å².